The third-order valence-electron chi connectivity index (χ3n) is 6.52. The van der Waals surface area contributed by atoms with Gasteiger partial charge in [-0.05, 0) is 74.6 Å². The fourth-order valence-corrected chi connectivity index (χ4v) is 7.25. The van der Waals surface area contributed by atoms with Gasteiger partial charge in [-0.1, -0.05) is 15.9 Å². The molecule has 4 aliphatic rings. The molecule has 4 fully saturated rings. The molecule has 2 unspecified atom stereocenters. The third-order valence-corrected chi connectivity index (χ3v) is 7.45. The van der Waals surface area contributed by atoms with Crippen LogP contribution in [0.5, 0.6) is 5.75 Å². The molecule has 0 aromatic heterocycles. The zero-order valence-corrected chi connectivity index (χ0v) is 17.3. The number of benzene rings is 1. The van der Waals surface area contributed by atoms with Gasteiger partial charge in [-0.3, -0.25) is 9.59 Å². The quantitative estimate of drug-likeness (QED) is 0.533. The van der Waals surface area contributed by atoms with Crippen LogP contribution in [0, 0.1) is 17.3 Å². The predicted molar refractivity (Wildman–Crippen MR) is 107 cm³/mol. The molecule has 5 rings (SSSR count). The molecule has 0 spiro atoms. The van der Waals surface area contributed by atoms with Crippen molar-refractivity contribution in [2.45, 2.75) is 42.8 Å². The van der Waals surface area contributed by atoms with Crippen molar-refractivity contribution in [3.63, 3.8) is 0 Å². The Balaban J connectivity index is 1.27. The van der Waals surface area contributed by atoms with E-state index in [2.05, 4.69) is 26.6 Å². The fraction of sp³-hybridized carbons (Fsp3) is 0.619. The van der Waals surface area contributed by atoms with Crippen LogP contribution in [-0.4, -0.2) is 36.3 Å². The second kappa shape index (κ2) is 7.12. The molecule has 0 heterocycles. The summed E-state index contributed by atoms with van der Waals surface area (Å²) in [5.41, 5.74) is 0.387. The first-order chi connectivity index (χ1) is 12.9. The molecule has 6 heteroatoms. The normalized spacial score (nSPS) is 33.6. The summed E-state index contributed by atoms with van der Waals surface area (Å²) in [4.78, 5) is 25.1. The minimum atomic E-state index is -0.201. The molecule has 5 nitrogen and oxygen atoms in total. The van der Waals surface area contributed by atoms with E-state index < -0.39 is 0 Å². The van der Waals surface area contributed by atoms with E-state index in [1.165, 1.54) is 19.3 Å². The molecule has 27 heavy (non-hydrogen) atoms. The topological polar surface area (TPSA) is 67.4 Å². The van der Waals surface area contributed by atoms with E-state index in [9.17, 15) is 9.59 Å². The number of nitrogens with one attached hydrogen (secondary N) is 2. The van der Waals surface area contributed by atoms with Gasteiger partial charge in [0, 0.05) is 23.0 Å². The predicted octanol–water partition coefficient (Wildman–Crippen LogP) is 3.28. The van der Waals surface area contributed by atoms with Crippen molar-refractivity contribution in [2.75, 3.05) is 20.2 Å². The van der Waals surface area contributed by atoms with E-state index in [1.54, 1.807) is 31.4 Å². The molecule has 2 atom stereocenters. The summed E-state index contributed by atoms with van der Waals surface area (Å²) >= 11 is 3.95. The zero-order valence-electron chi connectivity index (χ0n) is 15.7. The number of ether oxygens (including phenoxy) is 1. The maximum atomic E-state index is 13.0. The monoisotopic (exact) mass is 434 g/mol. The lowest BCUT2D eigenvalue weighted by molar-refractivity contribution is -0.143. The van der Waals surface area contributed by atoms with Gasteiger partial charge >= 0.3 is 0 Å². The standard InChI is InChI=1S/C21H27BrN2O3/c1-27-17-4-2-16(3-5-17)18(25)23-6-7-24-19(26)20-9-14-8-15(10-20)12-21(22,11-14)13-20/h2-5,14-15H,6-13H2,1H3,(H,23,25)(H,24,26). The highest BCUT2D eigenvalue weighted by molar-refractivity contribution is 9.10. The first kappa shape index (κ1) is 18.8. The lowest BCUT2D eigenvalue weighted by Crippen LogP contribution is -2.58. The number of halogens is 1. The molecular formula is C21H27BrN2O3. The second-order valence-corrected chi connectivity index (χ2v) is 10.3. The molecule has 4 saturated carbocycles. The van der Waals surface area contributed by atoms with Crippen LogP contribution in [0.3, 0.4) is 0 Å². The van der Waals surface area contributed by atoms with Crippen LogP contribution in [-0.2, 0) is 4.79 Å². The summed E-state index contributed by atoms with van der Waals surface area (Å²) in [6.45, 7) is 0.895. The van der Waals surface area contributed by atoms with Crippen LogP contribution in [0.15, 0.2) is 24.3 Å². The van der Waals surface area contributed by atoms with Crippen LogP contribution >= 0.6 is 15.9 Å². The molecule has 0 aliphatic heterocycles. The Labute approximate surface area is 168 Å². The Bertz CT molecular complexity index is 719. The SMILES string of the molecule is COc1ccc(C(=O)NCCNC(=O)C23CC4CC(CC(Br)(C4)C2)C3)cc1. The zero-order chi connectivity index (χ0) is 19.1. The largest absolute Gasteiger partial charge is 0.497 e. The van der Waals surface area contributed by atoms with Crippen molar-refractivity contribution in [2.24, 2.45) is 17.3 Å². The van der Waals surface area contributed by atoms with Crippen molar-refractivity contribution < 1.29 is 14.3 Å². The number of rotatable bonds is 6. The maximum absolute atomic E-state index is 13.0. The van der Waals surface area contributed by atoms with Gasteiger partial charge in [0.05, 0.1) is 12.5 Å². The number of amides is 2. The summed E-state index contributed by atoms with van der Waals surface area (Å²) in [6, 6.07) is 6.99. The second-order valence-electron chi connectivity index (χ2n) is 8.63. The van der Waals surface area contributed by atoms with Crippen LogP contribution in [0.1, 0.15) is 48.9 Å². The fourth-order valence-electron chi connectivity index (χ4n) is 5.80. The van der Waals surface area contributed by atoms with Crippen molar-refractivity contribution in [3.8, 4) is 5.75 Å². The summed E-state index contributed by atoms with van der Waals surface area (Å²) in [7, 11) is 1.60. The lowest BCUT2D eigenvalue weighted by Gasteiger charge is -2.59. The van der Waals surface area contributed by atoms with Gasteiger partial charge in [0.1, 0.15) is 5.75 Å². The van der Waals surface area contributed by atoms with E-state index in [0.29, 0.717) is 30.5 Å². The van der Waals surface area contributed by atoms with Crippen LogP contribution in [0.25, 0.3) is 0 Å². The Morgan fingerprint density at radius 2 is 1.70 bits per heavy atom. The van der Waals surface area contributed by atoms with Crippen molar-refractivity contribution in [1.82, 2.24) is 10.6 Å². The molecule has 4 aliphatic carbocycles. The van der Waals surface area contributed by atoms with Crippen molar-refractivity contribution in [3.05, 3.63) is 29.8 Å². The van der Waals surface area contributed by atoms with E-state index >= 15 is 0 Å². The minimum absolute atomic E-state index is 0.138. The number of alkyl halides is 1. The smallest absolute Gasteiger partial charge is 0.251 e. The van der Waals surface area contributed by atoms with Crippen LogP contribution in [0.2, 0.25) is 0 Å². The molecule has 2 amide bonds. The average molecular weight is 435 g/mol. The minimum Gasteiger partial charge on any atom is -0.497 e. The lowest BCUT2D eigenvalue weighted by atomic mass is 9.49. The summed E-state index contributed by atoms with van der Waals surface area (Å²) in [6.07, 6.45) is 6.74. The molecule has 4 bridgehead atoms. The number of carbonyl (C=O) groups is 2. The Hall–Kier alpha value is -1.56. The van der Waals surface area contributed by atoms with Gasteiger partial charge in [-0.2, -0.15) is 0 Å². The molecule has 1 aromatic rings. The summed E-state index contributed by atoms with van der Waals surface area (Å²) in [5.74, 6) is 2.14. The van der Waals surface area contributed by atoms with Crippen LogP contribution < -0.4 is 15.4 Å². The number of carbonyl (C=O) groups excluding carboxylic acids is 2. The van der Waals surface area contributed by atoms with E-state index in [4.69, 9.17) is 4.74 Å². The summed E-state index contributed by atoms with van der Waals surface area (Å²) < 4.78 is 5.28. The Morgan fingerprint density at radius 1 is 1.07 bits per heavy atom. The molecule has 0 radical (unpaired) electrons. The highest BCUT2D eigenvalue weighted by Crippen LogP contribution is 2.64. The first-order valence-corrected chi connectivity index (χ1v) is 10.6. The van der Waals surface area contributed by atoms with E-state index in [-0.39, 0.29) is 21.6 Å². The molecule has 146 valence electrons. The highest BCUT2D eigenvalue weighted by atomic mass is 79.9. The van der Waals surface area contributed by atoms with Crippen LogP contribution in [0.4, 0.5) is 0 Å². The number of hydrogen-bond acceptors (Lipinski definition) is 3. The van der Waals surface area contributed by atoms with Gasteiger partial charge in [0.2, 0.25) is 5.91 Å². The van der Waals surface area contributed by atoms with Gasteiger partial charge in [0.25, 0.3) is 5.91 Å². The number of methoxy groups -OCH3 is 1. The van der Waals surface area contributed by atoms with Gasteiger partial charge < -0.3 is 15.4 Å². The van der Waals surface area contributed by atoms with E-state index in [1.807, 2.05) is 0 Å². The molecule has 0 saturated heterocycles. The summed E-state index contributed by atoms with van der Waals surface area (Å²) in [5, 5.41) is 5.96. The van der Waals surface area contributed by atoms with Gasteiger partial charge in [0.15, 0.2) is 0 Å². The highest BCUT2D eigenvalue weighted by Gasteiger charge is 2.59. The first-order valence-electron chi connectivity index (χ1n) is 9.81. The van der Waals surface area contributed by atoms with Crippen molar-refractivity contribution in [1.29, 1.82) is 0 Å². The average Bonchev–Trinajstić information content (AvgIpc) is 2.63. The molecular weight excluding hydrogens is 408 g/mol. The van der Waals surface area contributed by atoms with Gasteiger partial charge in [-0.25, -0.2) is 0 Å². The number of hydrogen-bond donors (Lipinski definition) is 2. The Kier molecular flexibility index (Phi) is 4.95. The molecule has 2 N–H and O–H groups in total. The van der Waals surface area contributed by atoms with Gasteiger partial charge in [-0.15, -0.1) is 0 Å². The van der Waals surface area contributed by atoms with E-state index in [0.717, 1.165) is 25.0 Å². The molecule has 1 aromatic carbocycles. The maximum Gasteiger partial charge on any atom is 0.251 e. The Morgan fingerprint density at radius 3 is 2.30 bits per heavy atom. The third kappa shape index (κ3) is 3.73. The van der Waals surface area contributed by atoms with Crippen molar-refractivity contribution >= 4 is 27.7 Å².